The van der Waals surface area contributed by atoms with Crippen molar-refractivity contribution in [3.63, 3.8) is 0 Å². The molecule has 0 saturated heterocycles. The summed E-state index contributed by atoms with van der Waals surface area (Å²) in [7, 11) is 0. The van der Waals surface area contributed by atoms with Gasteiger partial charge in [-0.2, -0.15) is 0 Å². The number of aliphatic carboxylic acids is 1. The second-order valence-corrected chi connectivity index (χ2v) is 4.94. The fourth-order valence-corrected chi connectivity index (χ4v) is 1.96. The standard InChI is InChI=1S/C11H17N3O3S/c1-7(10(15)16)3-4-12-11(17)13-5-9-8(2)14-6-18-9/h6-7H,3-5H2,1-2H3,(H,15,16)(H2,12,13,17). The third kappa shape index (κ3) is 4.70. The SMILES string of the molecule is Cc1ncsc1CNC(=O)NCCC(C)C(=O)O. The first-order valence-corrected chi connectivity index (χ1v) is 6.52. The van der Waals surface area contributed by atoms with Crippen molar-refractivity contribution in [2.24, 2.45) is 5.92 Å². The molecule has 0 saturated carbocycles. The number of nitrogens with one attached hydrogen (secondary N) is 2. The minimum Gasteiger partial charge on any atom is -0.481 e. The summed E-state index contributed by atoms with van der Waals surface area (Å²) in [5.74, 6) is -1.30. The van der Waals surface area contributed by atoms with E-state index in [1.165, 1.54) is 11.3 Å². The summed E-state index contributed by atoms with van der Waals surface area (Å²) in [6.45, 7) is 4.29. The summed E-state index contributed by atoms with van der Waals surface area (Å²) in [4.78, 5) is 27.1. The Morgan fingerprint density at radius 1 is 1.50 bits per heavy atom. The molecule has 1 aromatic rings. The van der Waals surface area contributed by atoms with E-state index in [9.17, 15) is 9.59 Å². The van der Waals surface area contributed by atoms with Crippen LogP contribution in [0.3, 0.4) is 0 Å². The van der Waals surface area contributed by atoms with Crippen molar-refractivity contribution in [1.29, 1.82) is 0 Å². The average molecular weight is 271 g/mol. The summed E-state index contributed by atoms with van der Waals surface area (Å²) in [6, 6.07) is -0.291. The number of hydrogen-bond donors (Lipinski definition) is 3. The van der Waals surface area contributed by atoms with Crippen LogP contribution in [0.15, 0.2) is 5.51 Å². The maximum Gasteiger partial charge on any atom is 0.315 e. The van der Waals surface area contributed by atoms with Crippen molar-refractivity contribution in [1.82, 2.24) is 15.6 Å². The highest BCUT2D eigenvalue weighted by Gasteiger charge is 2.10. The first kappa shape index (κ1) is 14.4. The Balaban J connectivity index is 2.19. The zero-order valence-corrected chi connectivity index (χ0v) is 11.2. The lowest BCUT2D eigenvalue weighted by Gasteiger charge is -2.08. The van der Waals surface area contributed by atoms with Gasteiger partial charge in [0.05, 0.1) is 23.7 Å². The number of urea groups is 1. The summed E-state index contributed by atoms with van der Waals surface area (Å²) in [5.41, 5.74) is 2.65. The van der Waals surface area contributed by atoms with Crippen LogP contribution >= 0.6 is 11.3 Å². The van der Waals surface area contributed by atoms with Crippen LogP contribution in [0.2, 0.25) is 0 Å². The first-order valence-electron chi connectivity index (χ1n) is 5.64. The molecule has 2 amide bonds. The molecule has 18 heavy (non-hydrogen) atoms. The molecule has 0 aromatic carbocycles. The van der Waals surface area contributed by atoms with Gasteiger partial charge in [0.25, 0.3) is 0 Å². The minimum atomic E-state index is -0.850. The van der Waals surface area contributed by atoms with Crippen LogP contribution in [-0.2, 0) is 11.3 Å². The highest BCUT2D eigenvalue weighted by molar-refractivity contribution is 7.09. The Morgan fingerprint density at radius 2 is 2.22 bits per heavy atom. The molecule has 3 N–H and O–H groups in total. The van der Waals surface area contributed by atoms with Gasteiger partial charge in [0.1, 0.15) is 0 Å². The molecule has 1 aromatic heterocycles. The molecule has 0 spiro atoms. The Labute approximate surface area is 109 Å². The van der Waals surface area contributed by atoms with E-state index in [0.717, 1.165) is 10.6 Å². The Bertz CT molecular complexity index is 419. The molecule has 6 nitrogen and oxygen atoms in total. The minimum absolute atomic E-state index is 0.291. The Hall–Kier alpha value is -1.63. The molecule has 0 bridgehead atoms. The Morgan fingerprint density at radius 3 is 2.78 bits per heavy atom. The van der Waals surface area contributed by atoms with E-state index < -0.39 is 11.9 Å². The highest BCUT2D eigenvalue weighted by Crippen LogP contribution is 2.10. The van der Waals surface area contributed by atoms with Crippen LogP contribution in [0.5, 0.6) is 0 Å². The normalized spacial score (nSPS) is 11.9. The molecule has 7 heteroatoms. The molecule has 0 radical (unpaired) electrons. The van der Waals surface area contributed by atoms with E-state index in [-0.39, 0.29) is 6.03 Å². The predicted octanol–water partition coefficient (Wildman–Crippen LogP) is 1.36. The molecule has 1 rings (SSSR count). The predicted molar refractivity (Wildman–Crippen MR) is 68.5 cm³/mol. The monoisotopic (exact) mass is 271 g/mol. The number of amides is 2. The van der Waals surface area contributed by atoms with Gasteiger partial charge >= 0.3 is 12.0 Å². The van der Waals surface area contributed by atoms with Crippen LogP contribution in [0.25, 0.3) is 0 Å². The van der Waals surface area contributed by atoms with E-state index in [0.29, 0.717) is 19.5 Å². The van der Waals surface area contributed by atoms with Crippen LogP contribution in [0, 0.1) is 12.8 Å². The van der Waals surface area contributed by atoms with Gasteiger partial charge < -0.3 is 15.7 Å². The van der Waals surface area contributed by atoms with Gasteiger partial charge in [-0.15, -0.1) is 11.3 Å². The summed E-state index contributed by atoms with van der Waals surface area (Å²) < 4.78 is 0. The van der Waals surface area contributed by atoms with Gasteiger partial charge in [0.15, 0.2) is 0 Å². The van der Waals surface area contributed by atoms with E-state index in [4.69, 9.17) is 5.11 Å². The number of hydrogen-bond acceptors (Lipinski definition) is 4. The van der Waals surface area contributed by atoms with E-state index in [1.807, 2.05) is 6.92 Å². The van der Waals surface area contributed by atoms with Gasteiger partial charge in [0.2, 0.25) is 0 Å². The smallest absolute Gasteiger partial charge is 0.315 e. The molecule has 1 atom stereocenters. The average Bonchev–Trinajstić information content (AvgIpc) is 2.72. The van der Waals surface area contributed by atoms with E-state index in [1.54, 1.807) is 12.4 Å². The van der Waals surface area contributed by atoms with Crippen molar-refractivity contribution in [2.75, 3.05) is 6.54 Å². The fourth-order valence-electron chi connectivity index (χ4n) is 1.24. The number of nitrogens with zero attached hydrogens (tertiary/aromatic N) is 1. The lowest BCUT2D eigenvalue weighted by molar-refractivity contribution is -0.141. The van der Waals surface area contributed by atoms with Crippen molar-refractivity contribution in [3.8, 4) is 0 Å². The summed E-state index contributed by atoms with van der Waals surface area (Å²) in [6.07, 6.45) is 0.419. The zero-order chi connectivity index (χ0) is 13.5. The zero-order valence-electron chi connectivity index (χ0n) is 10.4. The number of carbonyl (C=O) groups excluding carboxylic acids is 1. The summed E-state index contributed by atoms with van der Waals surface area (Å²) in [5, 5.41) is 14.0. The largest absolute Gasteiger partial charge is 0.481 e. The lowest BCUT2D eigenvalue weighted by atomic mass is 10.1. The number of rotatable bonds is 6. The van der Waals surface area contributed by atoms with Gasteiger partial charge in [-0.1, -0.05) is 6.92 Å². The maximum atomic E-state index is 11.4. The van der Waals surface area contributed by atoms with Gasteiger partial charge in [-0.05, 0) is 13.3 Å². The molecule has 100 valence electrons. The van der Waals surface area contributed by atoms with Crippen LogP contribution in [0.1, 0.15) is 23.9 Å². The third-order valence-corrected chi connectivity index (χ3v) is 3.47. The van der Waals surface area contributed by atoms with Gasteiger partial charge in [-0.3, -0.25) is 4.79 Å². The highest BCUT2D eigenvalue weighted by atomic mass is 32.1. The molecule has 0 fully saturated rings. The molecular formula is C11H17N3O3S. The van der Waals surface area contributed by atoms with E-state index in [2.05, 4.69) is 15.6 Å². The third-order valence-electron chi connectivity index (χ3n) is 2.54. The molecular weight excluding hydrogens is 254 g/mol. The van der Waals surface area contributed by atoms with Crippen LogP contribution in [0.4, 0.5) is 4.79 Å². The van der Waals surface area contributed by atoms with Crippen LogP contribution < -0.4 is 10.6 Å². The van der Waals surface area contributed by atoms with Gasteiger partial charge in [0, 0.05) is 11.4 Å². The second-order valence-electron chi connectivity index (χ2n) is 4.00. The molecule has 0 aliphatic heterocycles. The van der Waals surface area contributed by atoms with Crippen molar-refractivity contribution >= 4 is 23.3 Å². The van der Waals surface area contributed by atoms with Crippen molar-refractivity contribution in [3.05, 3.63) is 16.1 Å². The number of carboxylic acids is 1. The molecule has 0 aliphatic carbocycles. The van der Waals surface area contributed by atoms with Gasteiger partial charge in [-0.25, -0.2) is 9.78 Å². The quantitative estimate of drug-likeness (QED) is 0.728. The number of thiazole rings is 1. The number of aromatic nitrogens is 1. The van der Waals surface area contributed by atoms with Crippen molar-refractivity contribution in [2.45, 2.75) is 26.8 Å². The Kier molecular flexibility index (Phi) is 5.57. The summed E-state index contributed by atoms with van der Waals surface area (Å²) >= 11 is 1.49. The molecule has 1 heterocycles. The molecule has 1 unspecified atom stereocenters. The molecule has 0 aliphatic rings. The van der Waals surface area contributed by atoms with Crippen molar-refractivity contribution < 1.29 is 14.7 Å². The lowest BCUT2D eigenvalue weighted by Crippen LogP contribution is -2.36. The number of carboxylic acid groups (broad SMARTS) is 1. The topological polar surface area (TPSA) is 91.3 Å². The number of aryl methyl sites for hydroxylation is 1. The second kappa shape index (κ2) is 6.95. The fraction of sp³-hybridized carbons (Fsp3) is 0.545. The maximum absolute atomic E-state index is 11.4. The van der Waals surface area contributed by atoms with E-state index >= 15 is 0 Å². The number of carbonyl (C=O) groups is 2. The van der Waals surface area contributed by atoms with Crippen LogP contribution in [-0.4, -0.2) is 28.6 Å². The first-order chi connectivity index (χ1) is 8.50.